The topological polar surface area (TPSA) is 12.5 Å². The van der Waals surface area contributed by atoms with Crippen molar-refractivity contribution >= 4 is 0 Å². The van der Waals surface area contributed by atoms with Gasteiger partial charge in [0, 0.05) is 6.54 Å². The molecule has 0 aliphatic carbocycles. The first kappa shape index (κ1) is 16.0. The van der Waals surface area contributed by atoms with Crippen LogP contribution in [0.3, 0.4) is 0 Å². The van der Waals surface area contributed by atoms with E-state index in [1.807, 2.05) is 0 Å². The number of nitrogens with zero attached hydrogens (tertiary/aromatic N) is 1. The van der Waals surface area contributed by atoms with Crippen LogP contribution in [0, 0.1) is 11.3 Å². The van der Waals surface area contributed by atoms with Crippen molar-refractivity contribution in [2.75, 3.05) is 26.2 Å². The van der Waals surface area contributed by atoms with Crippen molar-refractivity contribution in [3.8, 4) is 0 Å². The Labute approximate surface area is 114 Å². The molecule has 108 valence electrons. The maximum atomic E-state index is 5.80. The van der Waals surface area contributed by atoms with Crippen LogP contribution in [0.1, 0.15) is 60.8 Å². The molecule has 18 heavy (non-hydrogen) atoms. The molecule has 0 N–H and O–H groups in total. The van der Waals surface area contributed by atoms with E-state index in [1.165, 1.54) is 32.4 Å². The number of hydrogen-bond donors (Lipinski definition) is 0. The lowest BCUT2D eigenvalue weighted by atomic mass is 9.80. The summed E-state index contributed by atoms with van der Waals surface area (Å²) in [5.41, 5.74) is 0.493. The third-order valence-corrected chi connectivity index (χ3v) is 3.55. The fourth-order valence-electron chi connectivity index (χ4n) is 2.76. The summed E-state index contributed by atoms with van der Waals surface area (Å²) in [6.45, 7) is 17.9. The molecule has 0 radical (unpaired) electrons. The van der Waals surface area contributed by atoms with E-state index < -0.39 is 0 Å². The molecule has 0 unspecified atom stereocenters. The van der Waals surface area contributed by atoms with Gasteiger partial charge in [-0.3, -0.25) is 0 Å². The second-order valence-corrected chi connectivity index (χ2v) is 8.01. The Bertz CT molecular complexity index is 228. The van der Waals surface area contributed by atoms with Crippen molar-refractivity contribution in [2.45, 2.75) is 66.4 Å². The molecular formula is C16H33NO. The van der Waals surface area contributed by atoms with Crippen LogP contribution in [0.25, 0.3) is 0 Å². The minimum absolute atomic E-state index is 0.00452. The zero-order chi connectivity index (χ0) is 13.8. The lowest BCUT2D eigenvalue weighted by molar-refractivity contribution is -0.0168. The molecule has 0 bridgehead atoms. The predicted molar refractivity (Wildman–Crippen MR) is 78.9 cm³/mol. The van der Waals surface area contributed by atoms with Crippen LogP contribution < -0.4 is 0 Å². The van der Waals surface area contributed by atoms with Gasteiger partial charge in [0.1, 0.15) is 0 Å². The molecule has 0 saturated carbocycles. The number of likely N-dealkylation sites (tertiary alicyclic amines) is 1. The molecule has 1 aliphatic rings. The zero-order valence-electron chi connectivity index (χ0n) is 13.4. The van der Waals surface area contributed by atoms with E-state index in [0.29, 0.717) is 5.41 Å². The minimum atomic E-state index is 0.00452. The van der Waals surface area contributed by atoms with Crippen molar-refractivity contribution in [1.29, 1.82) is 0 Å². The highest BCUT2D eigenvalue weighted by Crippen LogP contribution is 2.30. The summed E-state index contributed by atoms with van der Waals surface area (Å²) in [6.07, 6.45) is 4.11. The summed E-state index contributed by atoms with van der Waals surface area (Å²) in [5, 5.41) is 0. The van der Waals surface area contributed by atoms with Crippen molar-refractivity contribution in [1.82, 2.24) is 4.90 Å². The average molecular weight is 255 g/mol. The van der Waals surface area contributed by atoms with Crippen molar-refractivity contribution in [3.63, 3.8) is 0 Å². The number of rotatable bonds is 4. The number of ether oxygens (including phenoxy) is 1. The van der Waals surface area contributed by atoms with Gasteiger partial charge in [0.05, 0.1) is 12.2 Å². The van der Waals surface area contributed by atoms with Gasteiger partial charge in [0.15, 0.2) is 0 Å². The lowest BCUT2D eigenvalue weighted by Gasteiger charge is -2.35. The highest BCUT2D eigenvalue weighted by Gasteiger charge is 2.23. The van der Waals surface area contributed by atoms with Gasteiger partial charge in [-0.15, -0.1) is 0 Å². The minimum Gasteiger partial charge on any atom is -0.375 e. The molecular weight excluding hydrogens is 222 g/mol. The van der Waals surface area contributed by atoms with Gasteiger partial charge in [-0.1, -0.05) is 20.8 Å². The van der Waals surface area contributed by atoms with E-state index in [0.717, 1.165) is 19.1 Å². The van der Waals surface area contributed by atoms with Gasteiger partial charge in [-0.2, -0.15) is 0 Å². The molecule has 1 aliphatic heterocycles. The Kier molecular flexibility index (Phi) is 5.67. The maximum Gasteiger partial charge on any atom is 0.0600 e. The molecule has 1 rings (SSSR count). The Morgan fingerprint density at radius 3 is 2.00 bits per heavy atom. The van der Waals surface area contributed by atoms with Crippen LogP contribution in [-0.2, 0) is 4.74 Å². The quantitative estimate of drug-likeness (QED) is 0.754. The molecule has 1 heterocycles. The molecule has 0 aromatic rings. The first-order valence-electron chi connectivity index (χ1n) is 7.52. The molecule has 2 heteroatoms. The Morgan fingerprint density at radius 1 is 1.00 bits per heavy atom. The second kappa shape index (κ2) is 6.38. The fourth-order valence-corrected chi connectivity index (χ4v) is 2.76. The van der Waals surface area contributed by atoms with Crippen molar-refractivity contribution in [2.24, 2.45) is 11.3 Å². The Morgan fingerprint density at radius 2 is 1.56 bits per heavy atom. The zero-order valence-corrected chi connectivity index (χ0v) is 13.4. The molecule has 1 saturated heterocycles. The van der Waals surface area contributed by atoms with E-state index in [-0.39, 0.29) is 5.60 Å². The maximum absolute atomic E-state index is 5.80. The normalized spacial score (nSPS) is 20.3. The van der Waals surface area contributed by atoms with Crippen LogP contribution in [0.2, 0.25) is 0 Å². The predicted octanol–water partition coefficient (Wildman–Crippen LogP) is 3.95. The molecule has 0 atom stereocenters. The lowest BCUT2D eigenvalue weighted by Crippen LogP contribution is -2.38. The highest BCUT2D eigenvalue weighted by atomic mass is 16.5. The van der Waals surface area contributed by atoms with E-state index >= 15 is 0 Å². The SMILES string of the molecule is CC(C)(C)CC1CCN(CCOC(C)(C)C)CC1. The number of piperidine rings is 1. The van der Waals surface area contributed by atoms with Gasteiger partial charge in [0.2, 0.25) is 0 Å². The van der Waals surface area contributed by atoms with Crippen LogP contribution in [0.15, 0.2) is 0 Å². The van der Waals surface area contributed by atoms with Gasteiger partial charge >= 0.3 is 0 Å². The van der Waals surface area contributed by atoms with E-state index in [2.05, 4.69) is 46.4 Å². The summed E-state index contributed by atoms with van der Waals surface area (Å²) in [5.74, 6) is 0.935. The Balaban J connectivity index is 2.16. The van der Waals surface area contributed by atoms with Gasteiger partial charge in [0.25, 0.3) is 0 Å². The smallest absolute Gasteiger partial charge is 0.0600 e. The van der Waals surface area contributed by atoms with E-state index in [1.54, 1.807) is 0 Å². The Hall–Kier alpha value is -0.0800. The third kappa shape index (κ3) is 7.38. The number of hydrogen-bond acceptors (Lipinski definition) is 2. The van der Waals surface area contributed by atoms with E-state index in [4.69, 9.17) is 4.74 Å². The summed E-state index contributed by atoms with van der Waals surface area (Å²) in [7, 11) is 0. The third-order valence-electron chi connectivity index (χ3n) is 3.55. The molecule has 0 amide bonds. The van der Waals surface area contributed by atoms with E-state index in [9.17, 15) is 0 Å². The largest absolute Gasteiger partial charge is 0.375 e. The van der Waals surface area contributed by atoms with Crippen LogP contribution in [0.5, 0.6) is 0 Å². The first-order chi connectivity index (χ1) is 8.16. The van der Waals surface area contributed by atoms with Gasteiger partial charge in [-0.05, 0) is 64.5 Å². The highest BCUT2D eigenvalue weighted by molar-refractivity contribution is 4.76. The van der Waals surface area contributed by atoms with Crippen molar-refractivity contribution in [3.05, 3.63) is 0 Å². The van der Waals surface area contributed by atoms with Crippen LogP contribution in [-0.4, -0.2) is 36.7 Å². The molecule has 1 fully saturated rings. The van der Waals surface area contributed by atoms with Crippen molar-refractivity contribution < 1.29 is 4.74 Å². The summed E-state index contributed by atoms with van der Waals surface area (Å²) < 4.78 is 5.80. The van der Waals surface area contributed by atoms with Crippen LogP contribution in [0.4, 0.5) is 0 Å². The summed E-state index contributed by atoms with van der Waals surface area (Å²) >= 11 is 0. The summed E-state index contributed by atoms with van der Waals surface area (Å²) in [6, 6.07) is 0. The fraction of sp³-hybridized carbons (Fsp3) is 1.00. The monoisotopic (exact) mass is 255 g/mol. The van der Waals surface area contributed by atoms with Gasteiger partial charge < -0.3 is 9.64 Å². The van der Waals surface area contributed by atoms with Crippen LogP contribution >= 0.6 is 0 Å². The summed E-state index contributed by atoms with van der Waals surface area (Å²) in [4.78, 5) is 2.56. The van der Waals surface area contributed by atoms with Gasteiger partial charge in [-0.25, -0.2) is 0 Å². The molecule has 0 aromatic heterocycles. The molecule has 0 spiro atoms. The molecule has 2 nitrogen and oxygen atoms in total. The molecule has 0 aromatic carbocycles. The second-order valence-electron chi connectivity index (χ2n) is 8.01. The standard InChI is InChI=1S/C16H33NO/c1-15(2,3)13-14-7-9-17(10-8-14)11-12-18-16(4,5)6/h14H,7-13H2,1-6H3. The average Bonchev–Trinajstić information content (AvgIpc) is 2.16. The first-order valence-corrected chi connectivity index (χ1v) is 7.52.